The van der Waals surface area contributed by atoms with Crippen LogP contribution in [0.5, 0.6) is 5.75 Å². The van der Waals surface area contributed by atoms with Crippen LogP contribution in [0, 0.1) is 5.41 Å². The Morgan fingerprint density at radius 3 is 2.67 bits per heavy atom. The fraction of sp³-hybridized carbons (Fsp3) is 0.476. The highest BCUT2D eigenvalue weighted by Gasteiger charge is 2.41. The van der Waals surface area contributed by atoms with Crippen molar-refractivity contribution in [3.63, 3.8) is 0 Å². The molecule has 30 heavy (non-hydrogen) atoms. The SMILES string of the molecule is COc1ccc(-n2ncc3nc(N4CCC5(CC4)CO[C@@H](C)C5)cnc32)c(Cl)c1Cl. The molecule has 0 aliphatic carbocycles. The molecule has 0 amide bonds. The van der Waals surface area contributed by atoms with Crippen LogP contribution in [0.4, 0.5) is 5.82 Å². The largest absolute Gasteiger partial charge is 0.495 e. The van der Waals surface area contributed by atoms with E-state index in [1.807, 2.05) is 12.3 Å². The predicted octanol–water partition coefficient (Wildman–Crippen LogP) is 4.53. The molecule has 2 aliphatic heterocycles. The zero-order valence-electron chi connectivity index (χ0n) is 16.9. The zero-order valence-corrected chi connectivity index (χ0v) is 18.4. The number of methoxy groups -OCH3 is 1. The smallest absolute Gasteiger partial charge is 0.181 e. The summed E-state index contributed by atoms with van der Waals surface area (Å²) in [6.07, 6.45) is 7.29. The molecule has 5 rings (SSSR count). The molecular weight excluding hydrogens is 425 g/mol. The van der Waals surface area contributed by atoms with Crippen molar-refractivity contribution < 1.29 is 9.47 Å². The van der Waals surface area contributed by atoms with E-state index in [4.69, 9.17) is 37.7 Å². The fourth-order valence-corrected chi connectivity index (χ4v) is 5.05. The Labute approximate surface area is 184 Å². The van der Waals surface area contributed by atoms with Gasteiger partial charge in [0.2, 0.25) is 0 Å². The summed E-state index contributed by atoms with van der Waals surface area (Å²) in [6, 6.07) is 3.57. The van der Waals surface area contributed by atoms with Gasteiger partial charge in [-0.05, 0) is 43.7 Å². The van der Waals surface area contributed by atoms with Crippen LogP contribution in [0.25, 0.3) is 16.9 Å². The van der Waals surface area contributed by atoms with Gasteiger partial charge in [-0.1, -0.05) is 23.2 Å². The van der Waals surface area contributed by atoms with Crippen LogP contribution in [0.3, 0.4) is 0 Å². The Hall–Kier alpha value is -2.09. The molecule has 7 nitrogen and oxygen atoms in total. The van der Waals surface area contributed by atoms with Crippen LogP contribution in [-0.4, -0.2) is 52.7 Å². The van der Waals surface area contributed by atoms with Crippen molar-refractivity contribution in [1.29, 1.82) is 0 Å². The maximum Gasteiger partial charge on any atom is 0.181 e. The van der Waals surface area contributed by atoms with Crippen molar-refractivity contribution in [3.8, 4) is 11.4 Å². The zero-order chi connectivity index (χ0) is 20.9. The summed E-state index contributed by atoms with van der Waals surface area (Å²) in [5.41, 5.74) is 2.32. The first-order chi connectivity index (χ1) is 14.5. The van der Waals surface area contributed by atoms with Gasteiger partial charge in [0.15, 0.2) is 5.65 Å². The van der Waals surface area contributed by atoms with Crippen LogP contribution >= 0.6 is 23.2 Å². The van der Waals surface area contributed by atoms with Crippen LogP contribution in [0.2, 0.25) is 10.0 Å². The monoisotopic (exact) mass is 447 g/mol. The molecular formula is C21H23Cl2N5O2. The second-order valence-electron chi connectivity index (χ2n) is 8.22. The van der Waals surface area contributed by atoms with Gasteiger partial charge in [0, 0.05) is 13.1 Å². The summed E-state index contributed by atoms with van der Waals surface area (Å²) in [5.74, 6) is 1.39. The van der Waals surface area contributed by atoms with Gasteiger partial charge < -0.3 is 14.4 Å². The van der Waals surface area contributed by atoms with Crippen molar-refractivity contribution in [1.82, 2.24) is 19.7 Å². The number of hydrogen-bond donors (Lipinski definition) is 0. The van der Waals surface area contributed by atoms with Crippen LogP contribution < -0.4 is 9.64 Å². The summed E-state index contributed by atoms with van der Waals surface area (Å²) in [6.45, 7) is 4.97. The van der Waals surface area contributed by atoms with Gasteiger partial charge in [0.25, 0.3) is 0 Å². The minimum Gasteiger partial charge on any atom is -0.495 e. The number of nitrogens with zero attached hydrogens (tertiary/aromatic N) is 5. The number of anilines is 1. The van der Waals surface area contributed by atoms with Crippen molar-refractivity contribution in [3.05, 3.63) is 34.6 Å². The molecule has 9 heteroatoms. The highest BCUT2D eigenvalue weighted by atomic mass is 35.5. The quantitative estimate of drug-likeness (QED) is 0.587. The Bertz CT molecular complexity index is 1090. The van der Waals surface area contributed by atoms with E-state index in [9.17, 15) is 0 Å². The van der Waals surface area contributed by atoms with Gasteiger partial charge in [-0.25, -0.2) is 14.6 Å². The molecule has 3 aromatic rings. The molecule has 2 aromatic heterocycles. The molecule has 4 heterocycles. The topological polar surface area (TPSA) is 65.3 Å². The molecule has 2 aliphatic rings. The summed E-state index contributed by atoms with van der Waals surface area (Å²) < 4.78 is 12.7. The van der Waals surface area contributed by atoms with Gasteiger partial charge in [-0.2, -0.15) is 5.10 Å². The Morgan fingerprint density at radius 2 is 1.97 bits per heavy atom. The van der Waals surface area contributed by atoms with E-state index in [1.165, 1.54) is 0 Å². The Kier molecular flexibility index (Phi) is 5.00. The van der Waals surface area contributed by atoms with Crippen molar-refractivity contribution in [2.45, 2.75) is 32.3 Å². The molecule has 0 saturated carbocycles. The summed E-state index contributed by atoms with van der Waals surface area (Å²) in [7, 11) is 1.55. The standard InChI is InChI=1S/C21H23Cl2N5O2/c1-13-9-21(12-30-13)5-7-27(8-6-21)17-11-24-20-14(26-17)10-25-28(20)15-3-4-16(29-2)19(23)18(15)22/h3-4,10-11,13H,5-9,12H2,1-2H3/t13-/m0/s1. The molecule has 2 fully saturated rings. The number of aromatic nitrogens is 4. The van der Waals surface area contributed by atoms with Gasteiger partial charge in [0.1, 0.15) is 22.1 Å². The number of halogens is 2. The number of ether oxygens (including phenoxy) is 2. The number of benzene rings is 1. The van der Waals surface area contributed by atoms with E-state index >= 15 is 0 Å². The second-order valence-corrected chi connectivity index (χ2v) is 8.98. The highest BCUT2D eigenvalue weighted by molar-refractivity contribution is 6.44. The van der Waals surface area contributed by atoms with Gasteiger partial charge in [-0.3, -0.25) is 0 Å². The maximum atomic E-state index is 6.45. The van der Waals surface area contributed by atoms with E-state index in [0.717, 1.165) is 44.8 Å². The predicted molar refractivity (Wildman–Crippen MR) is 117 cm³/mol. The van der Waals surface area contributed by atoms with Crippen LogP contribution in [0.1, 0.15) is 26.2 Å². The number of rotatable bonds is 3. The third-order valence-corrected chi connectivity index (χ3v) is 7.13. The van der Waals surface area contributed by atoms with E-state index in [-0.39, 0.29) is 0 Å². The van der Waals surface area contributed by atoms with Crippen molar-refractivity contribution in [2.75, 3.05) is 31.7 Å². The number of hydrogen-bond acceptors (Lipinski definition) is 6. The number of fused-ring (bicyclic) bond motifs is 1. The molecule has 0 radical (unpaired) electrons. The average molecular weight is 448 g/mol. The van der Waals surface area contributed by atoms with Gasteiger partial charge in [0.05, 0.1) is 42.9 Å². The molecule has 0 bridgehead atoms. The first-order valence-electron chi connectivity index (χ1n) is 10.1. The Balaban J connectivity index is 1.41. The molecule has 1 spiro atoms. The minimum atomic E-state index is 0.336. The highest BCUT2D eigenvalue weighted by Crippen LogP contribution is 2.42. The van der Waals surface area contributed by atoms with Gasteiger partial charge in [-0.15, -0.1) is 0 Å². The summed E-state index contributed by atoms with van der Waals surface area (Å²) >= 11 is 12.8. The lowest BCUT2D eigenvalue weighted by molar-refractivity contribution is 0.0976. The van der Waals surface area contributed by atoms with E-state index in [2.05, 4.69) is 21.9 Å². The lowest BCUT2D eigenvalue weighted by Gasteiger charge is -2.38. The van der Waals surface area contributed by atoms with Crippen molar-refractivity contribution in [2.24, 2.45) is 5.41 Å². The van der Waals surface area contributed by atoms with Crippen LogP contribution in [-0.2, 0) is 4.74 Å². The first-order valence-corrected chi connectivity index (χ1v) is 10.8. The number of piperidine rings is 1. The second kappa shape index (κ2) is 7.55. The maximum absolute atomic E-state index is 6.45. The third-order valence-electron chi connectivity index (χ3n) is 6.28. The third kappa shape index (κ3) is 3.29. The van der Waals surface area contributed by atoms with Crippen LogP contribution in [0.15, 0.2) is 24.5 Å². The first kappa shape index (κ1) is 19.8. The average Bonchev–Trinajstić information content (AvgIpc) is 3.34. The molecule has 2 saturated heterocycles. The molecule has 0 N–H and O–H groups in total. The molecule has 1 atom stereocenters. The van der Waals surface area contributed by atoms with E-state index in [1.54, 1.807) is 24.1 Å². The van der Waals surface area contributed by atoms with Crippen molar-refractivity contribution >= 4 is 40.2 Å². The minimum absolute atomic E-state index is 0.336. The van der Waals surface area contributed by atoms with E-state index in [0.29, 0.717) is 44.2 Å². The lowest BCUT2D eigenvalue weighted by atomic mass is 9.77. The Morgan fingerprint density at radius 1 is 1.17 bits per heavy atom. The normalized spacial score (nSPS) is 20.9. The molecule has 0 unspecified atom stereocenters. The molecule has 1 aromatic carbocycles. The van der Waals surface area contributed by atoms with E-state index < -0.39 is 0 Å². The summed E-state index contributed by atoms with van der Waals surface area (Å²) in [5, 5.41) is 5.16. The summed E-state index contributed by atoms with van der Waals surface area (Å²) in [4.78, 5) is 11.8. The van der Waals surface area contributed by atoms with Gasteiger partial charge >= 0.3 is 0 Å². The lowest BCUT2D eigenvalue weighted by Crippen LogP contribution is -2.41. The fourth-order valence-electron chi connectivity index (χ4n) is 4.58. The molecule has 158 valence electrons.